The van der Waals surface area contributed by atoms with Crippen LogP contribution >= 0.6 is 0 Å². The topological polar surface area (TPSA) is 386 Å². The molecule has 0 spiro atoms. The molecule has 0 aliphatic heterocycles. The van der Waals surface area contributed by atoms with Gasteiger partial charge in [-0.1, -0.05) is 48.0 Å². The lowest BCUT2D eigenvalue weighted by Crippen LogP contribution is -2.63. The summed E-state index contributed by atoms with van der Waals surface area (Å²) in [6, 6.07) is -9.74. The third-order valence-electron chi connectivity index (χ3n) is 9.19. The molecule has 0 aromatic rings. The maximum atomic E-state index is 13.8. The van der Waals surface area contributed by atoms with Crippen LogP contribution in [0.5, 0.6) is 0 Å². The van der Waals surface area contributed by atoms with Crippen LogP contribution in [-0.2, 0) is 38.4 Å². The van der Waals surface area contributed by atoms with Crippen molar-refractivity contribution in [3.05, 3.63) is 0 Å². The van der Waals surface area contributed by atoms with Crippen molar-refractivity contribution in [1.29, 1.82) is 0 Å². The number of aliphatic hydroxyl groups excluding tert-OH is 2. The van der Waals surface area contributed by atoms with E-state index in [4.69, 9.17) is 22.9 Å². The van der Waals surface area contributed by atoms with Gasteiger partial charge in [0.05, 0.1) is 18.2 Å². The molecule has 0 aromatic heterocycles. The molecule has 0 rings (SSSR count). The zero-order valence-corrected chi connectivity index (χ0v) is 35.4. The number of guanidine groups is 1. The van der Waals surface area contributed by atoms with E-state index in [1.54, 1.807) is 27.7 Å². The predicted octanol–water partition coefficient (Wildman–Crippen LogP) is -3.47. The summed E-state index contributed by atoms with van der Waals surface area (Å²) in [5.74, 6) is -8.42. The summed E-state index contributed by atoms with van der Waals surface area (Å²) < 4.78 is 0. The van der Waals surface area contributed by atoms with Crippen LogP contribution < -0.4 is 54.8 Å². The summed E-state index contributed by atoms with van der Waals surface area (Å²) in [5.41, 5.74) is 21.8. The molecule has 338 valence electrons. The van der Waals surface area contributed by atoms with Crippen LogP contribution in [0.25, 0.3) is 0 Å². The van der Waals surface area contributed by atoms with Gasteiger partial charge in [-0.05, 0) is 63.7 Å². The number of hydrogen-bond acceptors (Lipinski definition) is 12. The first-order valence-corrected chi connectivity index (χ1v) is 19.8. The first-order chi connectivity index (χ1) is 27.3. The van der Waals surface area contributed by atoms with E-state index in [0.29, 0.717) is 12.8 Å². The Kier molecular flexibility index (Phi) is 24.5. The molecule has 0 bridgehead atoms. The molecule has 10 atom stereocenters. The number of carboxylic acids is 1. The molecule has 0 heterocycles. The fourth-order valence-corrected chi connectivity index (χ4v) is 5.70. The average Bonchev–Trinajstić information content (AvgIpc) is 3.12. The minimum Gasteiger partial charge on any atom is -0.480 e. The number of nitrogens with zero attached hydrogens (tertiary/aromatic N) is 1. The molecule has 0 fully saturated rings. The van der Waals surface area contributed by atoms with E-state index in [1.165, 1.54) is 13.8 Å². The molecule has 7 amide bonds. The lowest BCUT2D eigenvalue weighted by Gasteiger charge is -2.30. The third kappa shape index (κ3) is 20.9. The number of aliphatic carboxylic acids is 1. The highest BCUT2D eigenvalue weighted by Crippen LogP contribution is 2.13. The smallest absolute Gasteiger partial charge is 0.326 e. The van der Waals surface area contributed by atoms with Gasteiger partial charge in [-0.2, -0.15) is 0 Å². The van der Waals surface area contributed by atoms with Gasteiger partial charge in [-0.3, -0.25) is 38.6 Å². The summed E-state index contributed by atoms with van der Waals surface area (Å²) in [6.07, 6.45) is -2.81. The van der Waals surface area contributed by atoms with Gasteiger partial charge in [-0.25, -0.2) is 4.79 Å². The number of primary amides is 1. The first-order valence-electron chi connectivity index (χ1n) is 19.8. The van der Waals surface area contributed by atoms with E-state index in [0.717, 1.165) is 0 Å². The summed E-state index contributed by atoms with van der Waals surface area (Å²) >= 11 is 0. The van der Waals surface area contributed by atoms with E-state index in [9.17, 15) is 53.7 Å². The third-order valence-corrected chi connectivity index (χ3v) is 9.19. The minimum atomic E-state index is -1.68. The van der Waals surface area contributed by atoms with Crippen molar-refractivity contribution in [3.8, 4) is 0 Å². The van der Waals surface area contributed by atoms with Crippen LogP contribution in [0, 0.1) is 17.8 Å². The summed E-state index contributed by atoms with van der Waals surface area (Å²) in [5, 5.41) is 45.3. The van der Waals surface area contributed by atoms with Gasteiger partial charge in [-0.15, -0.1) is 0 Å². The Morgan fingerprint density at radius 3 is 1.46 bits per heavy atom. The molecule has 17 N–H and O–H groups in total. The van der Waals surface area contributed by atoms with E-state index in [-0.39, 0.29) is 56.4 Å². The molecule has 0 aromatic carbocycles. The maximum Gasteiger partial charge on any atom is 0.326 e. The number of nitrogens with one attached hydrogen (secondary N) is 6. The van der Waals surface area contributed by atoms with Crippen molar-refractivity contribution >= 4 is 53.3 Å². The Hall–Kier alpha value is -5.09. The molecule has 22 nitrogen and oxygen atoms in total. The van der Waals surface area contributed by atoms with Gasteiger partial charge in [0, 0.05) is 13.0 Å². The van der Waals surface area contributed by atoms with Gasteiger partial charge in [0.1, 0.15) is 36.3 Å². The van der Waals surface area contributed by atoms with Crippen molar-refractivity contribution in [2.24, 2.45) is 45.7 Å². The zero-order valence-electron chi connectivity index (χ0n) is 35.4. The van der Waals surface area contributed by atoms with Crippen LogP contribution in [0.2, 0.25) is 0 Å². The fraction of sp³-hybridized carbons (Fsp3) is 0.757. The van der Waals surface area contributed by atoms with E-state index in [2.05, 4.69) is 36.9 Å². The largest absolute Gasteiger partial charge is 0.480 e. The van der Waals surface area contributed by atoms with Crippen LogP contribution in [0.15, 0.2) is 4.99 Å². The van der Waals surface area contributed by atoms with E-state index < -0.39 is 108 Å². The summed E-state index contributed by atoms with van der Waals surface area (Å²) in [7, 11) is 0. The molecule has 0 saturated carbocycles. The van der Waals surface area contributed by atoms with E-state index >= 15 is 0 Å². The lowest BCUT2D eigenvalue weighted by atomic mass is 9.96. The van der Waals surface area contributed by atoms with Gasteiger partial charge in [0.25, 0.3) is 0 Å². The number of nitrogens with two attached hydrogens (primary N) is 4. The Balaban J connectivity index is 6.24. The maximum absolute atomic E-state index is 13.8. The number of carbonyl (C=O) groups excluding carboxylic acids is 7. The molecule has 0 aliphatic carbocycles. The number of carbonyl (C=O) groups is 8. The van der Waals surface area contributed by atoms with Crippen LogP contribution in [0.4, 0.5) is 0 Å². The van der Waals surface area contributed by atoms with Crippen LogP contribution in [0.3, 0.4) is 0 Å². The van der Waals surface area contributed by atoms with Crippen molar-refractivity contribution in [3.63, 3.8) is 0 Å². The number of rotatable bonds is 28. The molecular formula is C37H69N11O11. The number of amides is 7. The van der Waals surface area contributed by atoms with Gasteiger partial charge in [0.2, 0.25) is 41.4 Å². The second kappa shape index (κ2) is 26.8. The predicted molar refractivity (Wildman–Crippen MR) is 217 cm³/mol. The monoisotopic (exact) mass is 844 g/mol. The summed E-state index contributed by atoms with van der Waals surface area (Å²) in [6.45, 7) is 13.0. The highest BCUT2D eigenvalue weighted by Gasteiger charge is 2.37. The lowest BCUT2D eigenvalue weighted by molar-refractivity contribution is -0.143. The molecule has 0 radical (unpaired) electrons. The van der Waals surface area contributed by atoms with E-state index in [1.807, 2.05) is 13.8 Å². The second-order valence-corrected chi connectivity index (χ2v) is 15.7. The van der Waals surface area contributed by atoms with Gasteiger partial charge in [0.15, 0.2) is 5.96 Å². The minimum absolute atomic E-state index is 0.0144. The van der Waals surface area contributed by atoms with Gasteiger partial charge < -0.3 is 70.2 Å². The highest BCUT2D eigenvalue weighted by molar-refractivity contribution is 5.97. The van der Waals surface area contributed by atoms with Crippen molar-refractivity contribution in [2.45, 2.75) is 155 Å². The Labute approximate surface area is 345 Å². The standard InChI is InChI=1S/C37H69N11O11/c1-9-19(6)27(46-31(53)23(12-13-26(39)51)43-30(52)22(38)15-17(2)3)33(55)48-29(21(8)50)35(57)45-25(16-18(4)5)32(54)47-28(20(7)49)34(56)44-24(36(58)59)11-10-14-42-37(40)41/h17-25,27-29,49-50H,9-16,38H2,1-8H3,(H2,39,51)(H,43,52)(H,44,56)(H,45,57)(H,46,53)(H,47,54)(H,48,55)(H,58,59)(H4,40,41,42)/t19-,20+,21+,22-,23-,24-,25-,27-,28-,29-/m0/s1. The van der Waals surface area contributed by atoms with Crippen molar-refractivity contribution in [1.82, 2.24) is 31.9 Å². The normalized spacial score (nSPS) is 16.4. The molecule has 0 unspecified atom stereocenters. The molecule has 59 heavy (non-hydrogen) atoms. The first kappa shape index (κ1) is 53.9. The average molecular weight is 844 g/mol. The molecular weight excluding hydrogens is 774 g/mol. The van der Waals surface area contributed by atoms with Crippen molar-refractivity contribution in [2.75, 3.05) is 6.54 Å². The second-order valence-electron chi connectivity index (χ2n) is 15.7. The number of carboxylic acid groups (broad SMARTS) is 1. The van der Waals surface area contributed by atoms with Crippen LogP contribution in [-0.4, -0.2) is 130 Å². The van der Waals surface area contributed by atoms with Gasteiger partial charge >= 0.3 is 5.97 Å². The Morgan fingerprint density at radius 2 is 1.02 bits per heavy atom. The number of aliphatic imine (C=N–C) groups is 1. The molecule has 0 aliphatic rings. The van der Waals surface area contributed by atoms with Crippen molar-refractivity contribution < 1.29 is 53.7 Å². The fourth-order valence-electron chi connectivity index (χ4n) is 5.70. The SMILES string of the molecule is CC[C@H](C)[C@H](NC(=O)[C@H](CCC(N)=O)NC(=O)[C@@H](N)CC(C)C)C(=O)N[C@H](C(=O)N[C@@H](CC(C)C)C(=O)N[C@H](C(=O)N[C@@H](CCCN=C(N)N)C(=O)O)[C@@H](C)O)[C@@H](C)O. The molecule has 0 saturated heterocycles. The quantitative estimate of drug-likeness (QED) is 0.0207. The Bertz CT molecular complexity index is 1450. The zero-order chi connectivity index (χ0) is 45.7. The number of hydrogen-bond donors (Lipinski definition) is 13. The van der Waals surface area contributed by atoms with Crippen LogP contribution in [0.1, 0.15) is 100 Å². The number of aliphatic hydroxyl groups is 2. The highest BCUT2D eigenvalue weighted by atomic mass is 16.4. The molecule has 22 heteroatoms. The summed E-state index contributed by atoms with van der Waals surface area (Å²) in [4.78, 5) is 108. The Morgan fingerprint density at radius 1 is 0.576 bits per heavy atom.